The van der Waals surface area contributed by atoms with E-state index in [4.69, 9.17) is 23.8 Å². The third kappa shape index (κ3) is 2.83. The van der Waals surface area contributed by atoms with Crippen LogP contribution in [0.3, 0.4) is 0 Å². The zero-order chi connectivity index (χ0) is 14.1. The Morgan fingerprint density at radius 2 is 2.05 bits per heavy atom. The summed E-state index contributed by atoms with van der Waals surface area (Å²) in [7, 11) is 0. The van der Waals surface area contributed by atoms with Gasteiger partial charge in [-0.3, -0.25) is 0 Å². The van der Waals surface area contributed by atoms with Crippen LogP contribution in [0.2, 0.25) is 5.02 Å². The molecule has 0 unspecified atom stereocenters. The molecule has 20 heavy (non-hydrogen) atoms. The van der Waals surface area contributed by atoms with Crippen LogP contribution in [0.25, 0.3) is 11.4 Å². The summed E-state index contributed by atoms with van der Waals surface area (Å²) >= 11 is 15.0. The lowest BCUT2D eigenvalue weighted by Gasteiger charge is -2.14. The summed E-state index contributed by atoms with van der Waals surface area (Å²) < 4.78 is 1.55. The largest absolute Gasteiger partial charge is 0.342 e. The second-order valence-corrected chi connectivity index (χ2v) is 6.73. The van der Waals surface area contributed by atoms with Crippen molar-refractivity contribution in [2.45, 2.75) is 31.6 Å². The van der Waals surface area contributed by atoms with Gasteiger partial charge in [0.05, 0.1) is 4.47 Å². The molecule has 0 aliphatic heterocycles. The van der Waals surface area contributed by atoms with Crippen LogP contribution < -0.4 is 0 Å². The van der Waals surface area contributed by atoms with Gasteiger partial charge in [-0.1, -0.05) is 48.8 Å². The van der Waals surface area contributed by atoms with Gasteiger partial charge in [-0.2, -0.15) is 0 Å². The van der Waals surface area contributed by atoms with Gasteiger partial charge in [-0.25, -0.2) is 4.98 Å². The maximum absolute atomic E-state index is 6.06. The molecule has 2 aromatic rings. The molecule has 0 spiro atoms. The van der Waals surface area contributed by atoms with Gasteiger partial charge in [-0.15, -0.1) is 0 Å². The van der Waals surface area contributed by atoms with E-state index in [0.29, 0.717) is 15.6 Å². The van der Waals surface area contributed by atoms with E-state index in [-0.39, 0.29) is 0 Å². The number of rotatable bonds is 2. The van der Waals surface area contributed by atoms with Crippen molar-refractivity contribution in [3.63, 3.8) is 0 Å². The Kier molecular flexibility index (Phi) is 4.24. The van der Waals surface area contributed by atoms with Crippen LogP contribution in [0, 0.1) is 4.64 Å². The molecule has 1 aromatic carbocycles. The van der Waals surface area contributed by atoms with Gasteiger partial charge < -0.3 is 4.98 Å². The highest BCUT2D eigenvalue weighted by atomic mass is 79.9. The molecule has 5 heteroatoms. The minimum absolute atomic E-state index is 0.548. The van der Waals surface area contributed by atoms with E-state index >= 15 is 0 Å². The van der Waals surface area contributed by atoms with Crippen molar-refractivity contribution < 1.29 is 0 Å². The van der Waals surface area contributed by atoms with Crippen molar-refractivity contribution >= 4 is 39.7 Å². The summed E-state index contributed by atoms with van der Waals surface area (Å²) in [6.45, 7) is 0. The number of hydrogen-bond donors (Lipinski definition) is 1. The maximum atomic E-state index is 6.06. The Labute approximate surface area is 136 Å². The number of benzene rings is 1. The van der Waals surface area contributed by atoms with Crippen LogP contribution in [-0.2, 0) is 0 Å². The summed E-state index contributed by atoms with van der Waals surface area (Å²) in [5.41, 5.74) is 2.15. The molecule has 1 aliphatic rings. The smallest absolute Gasteiger partial charge is 0.144 e. The predicted octanol–water partition coefficient (Wildman–Crippen LogP) is 5.88. The molecular formula is C15H14BrClN2S. The van der Waals surface area contributed by atoms with Crippen LogP contribution >= 0.6 is 39.7 Å². The van der Waals surface area contributed by atoms with Crippen molar-refractivity contribution in [1.29, 1.82) is 0 Å². The minimum Gasteiger partial charge on any atom is -0.342 e. The fraction of sp³-hybridized carbons (Fsp3) is 0.333. The molecule has 2 nitrogen and oxygen atoms in total. The first-order valence-electron chi connectivity index (χ1n) is 6.71. The van der Waals surface area contributed by atoms with Crippen molar-refractivity contribution in [3.8, 4) is 11.4 Å². The highest BCUT2D eigenvalue weighted by molar-refractivity contribution is 9.10. The van der Waals surface area contributed by atoms with Gasteiger partial charge in [0.1, 0.15) is 10.5 Å². The molecule has 1 heterocycles. The SMILES string of the molecule is S=c1nc(-c2cccc(Cl)c2)[nH]c(C2CCCC2)c1Br. The molecule has 0 radical (unpaired) electrons. The van der Waals surface area contributed by atoms with E-state index in [9.17, 15) is 0 Å². The second-order valence-electron chi connectivity index (χ2n) is 5.11. The van der Waals surface area contributed by atoms with Crippen molar-refractivity contribution in [2.24, 2.45) is 0 Å². The van der Waals surface area contributed by atoms with E-state index in [0.717, 1.165) is 15.9 Å². The van der Waals surface area contributed by atoms with Crippen molar-refractivity contribution in [3.05, 3.63) is 44.1 Å². The van der Waals surface area contributed by atoms with Gasteiger partial charge >= 0.3 is 0 Å². The number of H-pyrrole nitrogens is 1. The molecule has 104 valence electrons. The summed E-state index contributed by atoms with van der Waals surface area (Å²) in [5, 5.41) is 0.703. The molecule has 0 amide bonds. The Bertz CT molecular complexity index is 693. The van der Waals surface area contributed by atoms with Crippen molar-refractivity contribution in [1.82, 2.24) is 9.97 Å². The molecule has 3 rings (SSSR count). The molecule has 1 N–H and O–H groups in total. The zero-order valence-electron chi connectivity index (χ0n) is 10.8. The number of aromatic amines is 1. The normalized spacial score (nSPS) is 15.7. The van der Waals surface area contributed by atoms with Crippen LogP contribution in [0.1, 0.15) is 37.3 Å². The lowest BCUT2D eigenvalue weighted by molar-refractivity contribution is 0.690. The zero-order valence-corrected chi connectivity index (χ0v) is 14.0. The highest BCUT2D eigenvalue weighted by Gasteiger charge is 2.21. The molecular weight excluding hydrogens is 356 g/mol. The highest BCUT2D eigenvalue weighted by Crippen LogP contribution is 2.37. The lowest BCUT2D eigenvalue weighted by atomic mass is 10.0. The molecule has 1 aromatic heterocycles. The minimum atomic E-state index is 0.548. The number of nitrogens with one attached hydrogen (secondary N) is 1. The average Bonchev–Trinajstić information content (AvgIpc) is 2.95. The topological polar surface area (TPSA) is 28.7 Å². The standard InChI is InChI=1S/C15H14BrClN2S/c16-12-13(9-4-1-2-5-9)18-14(19-15(12)20)10-6-3-7-11(17)8-10/h3,6-9H,1-2,4-5H2,(H,18,19,20). The van der Waals surface area contributed by atoms with Crippen molar-refractivity contribution in [2.75, 3.05) is 0 Å². The molecule has 0 bridgehead atoms. The quantitative estimate of drug-likeness (QED) is 0.670. The van der Waals surface area contributed by atoms with E-state index in [1.807, 2.05) is 24.3 Å². The molecule has 1 aliphatic carbocycles. The molecule has 0 saturated heterocycles. The first kappa shape index (κ1) is 14.2. The van der Waals surface area contributed by atoms with Crippen LogP contribution in [0.15, 0.2) is 28.7 Å². The van der Waals surface area contributed by atoms with Gasteiger partial charge in [-0.05, 0) is 40.9 Å². The summed E-state index contributed by atoms with van der Waals surface area (Å²) in [6, 6.07) is 7.68. The van der Waals surface area contributed by atoms with Crippen LogP contribution in [0.5, 0.6) is 0 Å². The van der Waals surface area contributed by atoms with Gasteiger partial charge in [0.2, 0.25) is 0 Å². The fourth-order valence-corrected chi connectivity index (χ4v) is 3.65. The molecule has 1 saturated carbocycles. The average molecular weight is 370 g/mol. The number of hydrogen-bond acceptors (Lipinski definition) is 2. The van der Waals surface area contributed by atoms with E-state index in [1.54, 1.807) is 0 Å². The third-order valence-corrected chi connectivity index (χ3v) is 5.35. The summed E-state index contributed by atoms with van der Waals surface area (Å²) in [4.78, 5) is 7.93. The first-order chi connectivity index (χ1) is 9.65. The monoisotopic (exact) mass is 368 g/mol. The van der Waals surface area contributed by atoms with Crippen LogP contribution in [-0.4, -0.2) is 9.97 Å². The van der Waals surface area contributed by atoms with Crippen LogP contribution in [0.4, 0.5) is 0 Å². The third-order valence-electron chi connectivity index (χ3n) is 3.75. The molecule has 0 atom stereocenters. The lowest BCUT2D eigenvalue weighted by Crippen LogP contribution is -2.02. The van der Waals surface area contributed by atoms with E-state index in [2.05, 4.69) is 25.9 Å². The fourth-order valence-electron chi connectivity index (χ4n) is 2.74. The van der Waals surface area contributed by atoms with Gasteiger partial charge in [0.15, 0.2) is 0 Å². The number of aromatic nitrogens is 2. The summed E-state index contributed by atoms with van der Waals surface area (Å²) in [5.74, 6) is 1.34. The van der Waals surface area contributed by atoms with Gasteiger partial charge in [0.25, 0.3) is 0 Å². The Morgan fingerprint density at radius 1 is 1.30 bits per heavy atom. The molecule has 1 fully saturated rings. The second kappa shape index (κ2) is 5.96. The first-order valence-corrected chi connectivity index (χ1v) is 8.29. The number of halogens is 2. The Morgan fingerprint density at radius 3 is 2.75 bits per heavy atom. The Hall–Kier alpha value is -0.710. The van der Waals surface area contributed by atoms with E-state index in [1.165, 1.54) is 31.4 Å². The van der Waals surface area contributed by atoms with E-state index < -0.39 is 0 Å². The summed E-state index contributed by atoms with van der Waals surface area (Å²) in [6.07, 6.45) is 4.99. The predicted molar refractivity (Wildman–Crippen MR) is 88.8 cm³/mol. The van der Waals surface area contributed by atoms with Gasteiger partial charge in [0, 0.05) is 22.2 Å². The maximum Gasteiger partial charge on any atom is 0.144 e. The number of nitrogens with zero attached hydrogens (tertiary/aromatic N) is 1. The Balaban J connectivity index is 2.11.